The number of ether oxygens (including phenoxy) is 1. The van der Waals surface area contributed by atoms with Crippen molar-refractivity contribution in [3.05, 3.63) is 59.7 Å². The SMILES string of the molecule is COC(=O)C(c1ccccc1)c1ccc(O)c(O)c1. The topological polar surface area (TPSA) is 66.8 Å². The van der Waals surface area contributed by atoms with Gasteiger partial charge in [-0.3, -0.25) is 4.79 Å². The molecule has 0 aliphatic heterocycles. The zero-order chi connectivity index (χ0) is 13.8. The van der Waals surface area contributed by atoms with Crippen molar-refractivity contribution in [2.24, 2.45) is 0 Å². The summed E-state index contributed by atoms with van der Waals surface area (Å²) in [5.41, 5.74) is 1.33. The first-order valence-corrected chi connectivity index (χ1v) is 5.78. The predicted octanol–water partition coefficient (Wildman–Crippen LogP) is 2.40. The van der Waals surface area contributed by atoms with E-state index >= 15 is 0 Å². The second-order valence-electron chi connectivity index (χ2n) is 4.12. The van der Waals surface area contributed by atoms with E-state index in [2.05, 4.69) is 0 Å². The number of hydrogen-bond donors (Lipinski definition) is 2. The molecule has 2 aromatic rings. The highest BCUT2D eigenvalue weighted by molar-refractivity contribution is 5.82. The van der Waals surface area contributed by atoms with E-state index in [0.717, 1.165) is 5.56 Å². The number of aromatic hydroxyl groups is 2. The van der Waals surface area contributed by atoms with Gasteiger partial charge in [-0.25, -0.2) is 0 Å². The van der Waals surface area contributed by atoms with Gasteiger partial charge in [0.25, 0.3) is 0 Å². The van der Waals surface area contributed by atoms with Crippen molar-refractivity contribution in [2.45, 2.75) is 5.92 Å². The summed E-state index contributed by atoms with van der Waals surface area (Å²) in [6.45, 7) is 0. The van der Waals surface area contributed by atoms with Crippen LogP contribution in [0.15, 0.2) is 48.5 Å². The maximum absolute atomic E-state index is 11.9. The molecule has 0 radical (unpaired) electrons. The molecule has 0 aliphatic rings. The first kappa shape index (κ1) is 13.0. The molecule has 19 heavy (non-hydrogen) atoms. The first-order chi connectivity index (χ1) is 9.13. The number of esters is 1. The van der Waals surface area contributed by atoms with Crippen molar-refractivity contribution in [2.75, 3.05) is 7.11 Å². The van der Waals surface area contributed by atoms with Gasteiger partial charge in [0.05, 0.1) is 7.11 Å². The fourth-order valence-corrected chi connectivity index (χ4v) is 1.95. The van der Waals surface area contributed by atoms with Crippen LogP contribution >= 0.6 is 0 Å². The highest BCUT2D eigenvalue weighted by Crippen LogP contribution is 2.32. The summed E-state index contributed by atoms with van der Waals surface area (Å²) in [4.78, 5) is 11.9. The highest BCUT2D eigenvalue weighted by atomic mass is 16.5. The van der Waals surface area contributed by atoms with E-state index in [4.69, 9.17) is 4.74 Å². The van der Waals surface area contributed by atoms with E-state index in [9.17, 15) is 15.0 Å². The van der Waals surface area contributed by atoms with E-state index in [1.54, 1.807) is 6.07 Å². The molecule has 2 N–H and O–H groups in total. The van der Waals surface area contributed by atoms with Crippen LogP contribution in [-0.2, 0) is 9.53 Å². The zero-order valence-electron chi connectivity index (χ0n) is 10.4. The van der Waals surface area contributed by atoms with Crippen LogP contribution in [0.1, 0.15) is 17.0 Å². The Balaban J connectivity index is 2.49. The second kappa shape index (κ2) is 5.44. The van der Waals surface area contributed by atoms with Crippen molar-refractivity contribution < 1.29 is 19.7 Å². The monoisotopic (exact) mass is 258 g/mol. The van der Waals surface area contributed by atoms with Gasteiger partial charge >= 0.3 is 5.97 Å². The number of phenolic OH excluding ortho intramolecular Hbond substituents is 2. The number of benzene rings is 2. The van der Waals surface area contributed by atoms with E-state index in [1.165, 1.54) is 19.2 Å². The van der Waals surface area contributed by atoms with E-state index in [-0.39, 0.29) is 11.5 Å². The number of methoxy groups -OCH3 is 1. The Bertz CT molecular complexity index is 578. The van der Waals surface area contributed by atoms with Gasteiger partial charge in [-0.2, -0.15) is 0 Å². The van der Waals surface area contributed by atoms with E-state index in [0.29, 0.717) is 5.56 Å². The lowest BCUT2D eigenvalue weighted by molar-refractivity contribution is -0.141. The maximum Gasteiger partial charge on any atom is 0.317 e. The molecule has 0 amide bonds. The molecule has 0 fully saturated rings. The molecule has 0 bridgehead atoms. The van der Waals surface area contributed by atoms with Gasteiger partial charge in [0.2, 0.25) is 0 Å². The number of carbonyl (C=O) groups is 1. The number of hydrogen-bond acceptors (Lipinski definition) is 4. The summed E-state index contributed by atoms with van der Waals surface area (Å²) in [6, 6.07) is 13.4. The molecule has 1 atom stereocenters. The Morgan fingerprint density at radius 3 is 2.26 bits per heavy atom. The van der Waals surface area contributed by atoms with Crippen LogP contribution in [-0.4, -0.2) is 23.3 Å². The molecule has 98 valence electrons. The molecule has 4 heteroatoms. The van der Waals surface area contributed by atoms with Crippen molar-refractivity contribution in [1.82, 2.24) is 0 Å². The highest BCUT2D eigenvalue weighted by Gasteiger charge is 2.24. The molecule has 0 saturated carbocycles. The van der Waals surface area contributed by atoms with Crippen molar-refractivity contribution in [1.29, 1.82) is 0 Å². The molecule has 2 aromatic carbocycles. The Labute approximate surface area is 110 Å². The minimum absolute atomic E-state index is 0.222. The molecule has 1 unspecified atom stereocenters. The Kier molecular flexibility index (Phi) is 3.71. The van der Waals surface area contributed by atoms with Crippen molar-refractivity contribution in [3.63, 3.8) is 0 Å². The average molecular weight is 258 g/mol. The second-order valence-corrected chi connectivity index (χ2v) is 4.12. The van der Waals surface area contributed by atoms with Crippen LogP contribution in [0.3, 0.4) is 0 Å². The fraction of sp³-hybridized carbons (Fsp3) is 0.133. The molecule has 0 aromatic heterocycles. The number of carbonyl (C=O) groups excluding carboxylic acids is 1. The van der Waals surface area contributed by atoms with E-state index < -0.39 is 11.9 Å². The van der Waals surface area contributed by atoms with Gasteiger partial charge in [0.1, 0.15) is 5.92 Å². The van der Waals surface area contributed by atoms with Crippen LogP contribution in [0.5, 0.6) is 11.5 Å². The molecule has 0 saturated heterocycles. The first-order valence-electron chi connectivity index (χ1n) is 5.78. The molecule has 2 rings (SSSR count). The lowest BCUT2D eigenvalue weighted by atomic mass is 9.91. The standard InChI is InChI=1S/C15H14O4/c1-19-15(18)14(10-5-3-2-4-6-10)11-7-8-12(16)13(17)9-11/h2-9,14,16-17H,1H3. The third-order valence-corrected chi connectivity index (χ3v) is 2.90. The Hall–Kier alpha value is -2.49. The molecule has 0 aliphatic carbocycles. The quantitative estimate of drug-likeness (QED) is 0.655. The minimum atomic E-state index is -0.627. The summed E-state index contributed by atoms with van der Waals surface area (Å²) in [5, 5.41) is 18.9. The third-order valence-electron chi connectivity index (χ3n) is 2.90. The van der Waals surface area contributed by atoms with Gasteiger partial charge < -0.3 is 14.9 Å². The summed E-state index contributed by atoms with van der Waals surface area (Å²) in [7, 11) is 1.32. The van der Waals surface area contributed by atoms with Gasteiger partial charge in [-0.1, -0.05) is 36.4 Å². The third kappa shape index (κ3) is 2.68. The van der Waals surface area contributed by atoms with E-state index in [1.807, 2.05) is 30.3 Å². The zero-order valence-corrected chi connectivity index (χ0v) is 10.4. The van der Waals surface area contributed by atoms with Crippen LogP contribution in [0, 0.1) is 0 Å². The van der Waals surface area contributed by atoms with Crippen LogP contribution in [0.2, 0.25) is 0 Å². The fourth-order valence-electron chi connectivity index (χ4n) is 1.95. The predicted molar refractivity (Wildman–Crippen MR) is 70.1 cm³/mol. The lowest BCUT2D eigenvalue weighted by Crippen LogP contribution is -2.15. The summed E-state index contributed by atoms with van der Waals surface area (Å²) in [5.74, 6) is -1.53. The van der Waals surface area contributed by atoms with Gasteiger partial charge in [-0.05, 0) is 23.3 Å². The van der Waals surface area contributed by atoms with Crippen LogP contribution in [0.4, 0.5) is 0 Å². The summed E-state index contributed by atoms with van der Waals surface area (Å²) >= 11 is 0. The maximum atomic E-state index is 11.9. The lowest BCUT2D eigenvalue weighted by Gasteiger charge is -2.16. The van der Waals surface area contributed by atoms with Gasteiger partial charge in [0.15, 0.2) is 11.5 Å². The largest absolute Gasteiger partial charge is 0.504 e. The molecular weight excluding hydrogens is 244 g/mol. The smallest absolute Gasteiger partial charge is 0.317 e. The number of phenols is 2. The molecule has 0 spiro atoms. The van der Waals surface area contributed by atoms with Gasteiger partial charge in [-0.15, -0.1) is 0 Å². The molecule has 0 heterocycles. The van der Waals surface area contributed by atoms with Crippen molar-refractivity contribution >= 4 is 5.97 Å². The average Bonchev–Trinajstić information content (AvgIpc) is 2.44. The normalized spacial score (nSPS) is 11.8. The number of rotatable bonds is 3. The Morgan fingerprint density at radius 1 is 1.00 bits per heavy atom. The van der Waals surface area contributed by atoms with Crippen LogP contribution in [0.25, 0.3) is 0 Å². The molecular formula is C15H14O4. The minimum Gasteiger partial charge on any atom is -0.504 e. The molecule has 4 nitrogen and oxygen atoms in total. The van der Waals surface area contributed by atoms with Crippen LogP contribution < -0.4 is 0 Å². The van der Waals surface area contributed by atoms with Gasteiger partial charge in [0, 0.05) is 0 Å². The van der Waals surface area contributed by atoms with Crippen molar-refractivity contribution in [3.8, 4) is 11.5 Å². The summed E-state index contributed by atoms with van der Waals surface area (Å²) in [6.07, 6.45) is 0. The Morgan fingerprint density at radius 2 is 1.68 bits per heavy atom. The summed E-state index contributed by atoms with van der Waals surface area (Å²) < 4.78 is 4.81.